The average molecular weight is 293 g/mol. The molecule has 2 N–H and O–H groups in total. The highest BCUT2D eigenvalue weighted by molar-refractivity contribution is 7.80. The second-order valence-electron chi connectivity index (χ2n) is 5.38. The molecule has 0 spiro atoms. The van der Waals surface area contributed by atoms with Crippen molar-refractivity contribution in [1.29, 1.82) is 0 Å². The highest BCUT2D eigenvalue weighted by Gasteiger charge is 2.20. The maximum Gasteiger partial charge on any atom is 0.119 e. The van der Waals surface area contributed by atoms with Gasteiger partial charge in [-0.15, -0.1) is 0 Å². The number of nitrogens with two attached hydrogens (primary N) is 1. The molecule has 1 aliphatic rings. The van der Waals surface area contributed by atoms with Crippen LogP contribution in [0.15, 0.2) is 24.3 Å². The van der Waals surface area contributed by atoms with E-state index in [9.17, 15) is 0 Å². The number of ether oxygens (including phenoxy) is 1. The Balaban J connectivity index is 1.76. The van der Waals surface area contributed by atoms with Crippen LogP contribution >= 0.6 is 12.2 Å². The summed E-state index contributed by atoms with van der Waals surface area (Å²) in [4.78, 5) is 5.27. The van der Waals surface area contributed by atoms with Crippen LogP contribution in [0.4, 0.5) is 0 Å². The van der Waals surface area contributed by atoms with Crippen LogP contribution in [0.25, 0.3) is 0 Å². The summed E-state index contributed by atoms with van der Waals surface area (Å²) in [6.45, 7) is 7.32. The first-order valence-electron chi connectivity index (χ1n) is 7.01. The molecule has 1 unspecified atom stereocenters. The fourth-order valence-electron chi connectivity index (χ4n) is 2.51. The summed E-state index contributed by atoms with van der Waals surface area (Å²) in [6.07, 6.45) is 0. The maximum atomic E-state index is 5.78. The molecule has 1 aromatic carbocycles. The van der Waals surface area contributed by atoms with Crippen LogP contribution in [0.3, 0.4) is 0 Å². The van der Waals surface area contributed by atoms with Crippen molar-refractivity contribution in [3.63, 3.8) is 0 Å². The molecule has 20 heavy (non-hydrogen) atoms. The molecule has 0 bridgehead atoms. The van der Waals surface area contributed by atoms with Crippen molar-refractivity contribution in [2.75, 3.05) is 39.8 Å². The van der Waals surface area contributed by atoms with Crippen molar-refractivity contribution in [1.82, 2.24) is 9.80 Å². The molecule has 1 saturated heterocycles. The van der Waals surface area contributed by atoms with Crippen LogP contribution in [-0.2, 0) is 0 Å². The van der Waals surface area contributed by atoms with Gasteiger partial charge in [-0.2, -0.15) is 0 Å². The minimum absolute atomic E-state index is 0.419. The number of thiocarbonyl (C=S) groups is 1. The third-order valence-electron chi connectivity index (χ3n) is 3.75. The van der Waals surface area contributed by atoms with Crippen molar-refractivity contribution in [3.8, 4) is 5.75 Å². The molecule has 1 aliphatic heterocycles. The van der Waals surface area contributed by atoms with E-state index in [1.807, 2.05) is 24.3 Å². The Morgan fingerprint density at radius 2 is 2.05 bits per heavy atom. The Morgan fingerprint density at radius 1 is 1.35 bits per heavy atom. The Hall–Kier alpha value is -1.17. The van der Waals surface area contributed by atoms with E-state index in [4.69, 9.17) is 22.7 Å². The van der Waals surface area contributed by atoms with E-state index in [2.05, 4.69) is 23.8 Å². The molecule has 0 aliphatic carbocycles. The third-order valence-corrected chi connectivity index (χ3v) is 3.99. The largest absolute Gasteiger partial charge is 0.492 e. The van der Waals surface area contributed by atoms with Crippen molar-refractivity contribution in [3.05, 3.63) is 29.8 Å². The summed E-state index contributed by atoms with van der Waals surface area (Å²) < 4.78 is 5.78. The molecule has 0 saturated carbocycles. The minimum atomic E-state index is 0.419. The zero-order valence-corrected chi connectivity index (χ0v) is 13.0. The average Bonchev–Trinajstić information content (AvgIpc) is 2.42. The first kappa shape index (κ1) is 15.2. The van der Waals surface area contributed by atoms with Gasteiger partial charge in [0.15, 0.2) is 0 Å². The van der Waals surface area contributed by atoms with Gasteiger partial charge in [-0.25, -0.2) is 0 Å². The molecule has 1 heterocycles. The van der Waals surface area contributed by atoms with E-state index in [-0.39, 0.29) is 0 Å². The first-order valence-corrected chi connectivity index (χ1v) is 7.42. The number of piperazine rings is 1. The van der Waals surface area contributed by atoms with E-state index < -0.39 is 0 Å². The monoisotopic (exact) mass is 293 g/mol. The third kappa shape index (κ3) is 4.16. The lowest BCUT2D eigenvalue weighted by Crippen LogP contribution is -2.51. The smallest absolute Gasteiger partial charge is 0.119 e. The summed E-state index contributed by atoms with van der Waals surface area (Å²) in [7, 11) is 2.17. The quantitative estimate of drug-likeness (QED) is 0.830. The van der Waals surface area contributed by atoms with Gasteiger partial charge in [-0.3, -0.25) is 4.90 Å². The van der Waals surface area contributed by atoms with E-state index >= 15 is 0 Å². The molecule has 0 amide bonds. The van der Waals surface area contributed by atoms with E-state index in [1.165, 1.54) is 0 Å². The SMILES string of the molecule is CC1CN(C)CCN1CCOc1ccc(C(N)=S)cc1. The van der Waals surface area contributed by atoms with Gasteiger partial charge in [0.25, 0.3) is 0 Å². The van der Waals surface area contributed by atoms with E-state index in [0.717, 1.165) is 37.5 Å². The van der Waals surface area contributed by atoms with Crippen LogP contribution in [0, 0.1) is 0 Å². The number of rotatable bonds is 5. The van der Waals surface area contributed by atoms with Crippen LogP contribution in [-0.4, -0.2) is 60.7 Å². The standard InChI is InChI=1S/C15H23N3OS/c1-12-11-17(2)7-8-18(12)9-10-19-14-5-3-13(4-6-14)15(16)20/h3-6,12H,7-11H2,1-2H3,(H2,16,20). The summed E-state index contributed by atoms with van der Waals surface area (Å²) in [6, 6.07) is 8.23. The van der Waals surface area contributed by atoms with Crippen LogP contribution in [0.2, 0.25) is 0 Å². The number of nitrogens with zero attached hydrogens (tertiary/aromatic N) is 2. The van der Waals surface area contributed by atoms with E-state index in [0.29, 0.717) is 17.6 Å². The van der Waals surface area contributed by atoms with Gasteiger partial charge in [-0.05, 0) is 38.2 Å². The molecule has 110 valence electrons. The van der Waals surface area contributed by atoms with Gasteiger partial charge in [0.05, 0.1) is 0 Å². The molecule has 1 fully saturated rings. The summed E-state index contributed by atoms with van der Waals surface area (Å²) in [5, 5.41) is 0. The van der Waals surface area contributed by atoms with Crippen molar-refractivity contribution >= 4 is 17.2 Å². The zero-order valence-electron chi connectivity index (χ0n) is 12.2. The molecule has 2 rings (SSSR count). The highest BCUT2D eigenvalue weighted by Crippen LogP contribution is 2.13. The molecule has 5 heteroatoms. The first-order chi connectivity index (χ1) is 9.56. The lowest BCUT2D eigenvalue weighted by molar-refractivity contribution is 0.0858. The fourth-order valence-corrected chi connectivity index (χ4v) is 2.64. The van der Waals surface area contributed by atoms with Crippen molar-refractivity contribution in [2.24, 2.45) is 5.73 Å². The second kappa shape index (κ2) is 7.02. The number of hydrogen-bond donors (Lipinski definition) is 1. The Morgan fingerprint density at radius 3 is 2.65 bits per heavy atom. The predicted octanol–water partition coefficient (Wildman–Crippen LogP) is 1.34. The predicted molar refractivity (Wildman–Crippen MR) is 86.4 cm³/mol. The molecule has 1 atom stereocenters. The molecule has 4 nitrogen and oxygen atoms in total. The molecule has 0 radical (unpaired) electrons. The van der Waals surface area contributed by atoms with E-state index in [1.54, 1.807) is 0 Å². The Bertz CT molecular complexity index is 449. The Labute approximate surface area is 126 Å². The minimum Gasteiger partial charge on any atom is -0.492 e. The molecule has 1 aromatic rings. The maximum absolute atomic E-state index is 5.78. The Kier molecular flexibility index (Phi) is 5.34. The van der Waals surface area contributed by atoms with Gasteiger partial charge in [0.1, 0.15) is 17.3 Å². The highest BCUT2D eigenvalue weighted by atomic mass is 32.1. The zero-order chi connectivity index (χ0) is 14.5. The number of hydrogen-bond acceptors (Lipinski definition) is 4. The van der Waals surface area contributed by atoms with Crippen molar-refractivity contribution < 1.29 is 4.74 Å². The summed E-state index contributed by atoms with van der Waals surface area (Å²) >= 11 is 4.93. The van der Waals surface area contributed by atoms with Gasteiger partial charge in [-0.1, -0.05) is 12.2 Å². The molecule has 0 aromatic heterocycles. The van der Waals surface area contributed by atoms with Gasteiger partial charge in [0, 0.05) is 37.8 Å². The lowest BCUT2D eigenvalue weighted by Gasteiger charge is -2.38. The van der Waals surface area contributed by atoms with Crippen LogP contribution < -0.4 is 10.5 Å². The second-order valence-corrected chi connectivity index (χ2v) is 5.82. The fraction of sp³-hybridized carbons (Fsp3) is 0.533. The molecular weight excluding hydrogens is 270 g/mol. The normalized spacial score (nSPS) is 20.8. The topological polar surface area (TPSA) is 41.7 Å². The number of likely N-dealkylation sites (N-methyl/N-ethyl adjacent to an activating group) is 1. The van der Waals surface area contributed by atoms with Gasteiger partial charge < -0.3 is 15.4 Å². The summed E-state index contributed by atoms with van der Waals surface area (Å²) in [5.74, 6) is 0.867. The van der Waals surface area contributed by atoms with Crippen LogP contribution in [0.5, 0.6) is 5.75 Å². The number of benzene rings is 1. The van der Waals surface area contributed by atoms with Crippen LogP contribution in [0.1, 0.15) is 12.5 Å². The van der Waals surface area contributed by atoms with Crippen molar-refractivity contribution in [2.45, 2.75) is 13.0 Å². The van der Waals surface area contributed by atoms with Gasteiger partial charge >= 0.3 is 0 Å². The molecular formula is C15H23N3OS. The lowest BCUT2D eigenvalue weighted by atomic mass is 10.2. The summed E-state index contributed by atoms with van der Waals surface area (Å²) in [5.41, 5.74) is 6.44. The van der Waals surface area contributed by atoms with Gasteiger partial charge in [0.2, 0.25) is 0 Å².